The molecule has 0 aromatic heterocycles. The summed E-state index contributed by atoms with van der Waals surface area (Å²) < 4.78 is 24.2. The van der Waals surface area contributed by atoms with Crippen molar-refractivity contribution in [1.29, 1.82) is 0 Å². The Morgan fingerprint density at radius 1 is 1.33 bits per heavy atom. The molecule has 3 nitrogen and oxygen atoms in total. The van der Waals surface area contributed by atoms with Crippen molar-refractivity contribution < 1.29 is 13.9 Å². The molecule has 1 aromatic carbocycles. The highest BCUT2D eigenvalue weighted by molar-refractivity contribution is 7.99. The summed E-state index contributed by atoms with van der Waals surface area (Å²) in [5, 5.41) is 14.9. The van der Waals surface area contributed by atoms with Gasteiger partial charge in [-0.25, -0.2) is 0 Å². The van der Waals surface area contributed by atoms with E-state index in [9.17, 15) is 8.78 Å². The topological polar surface area (TPSA) is 44.3 Å². The minimum atomic E-state index is -2.41. The maximum Gasteiger partial charge on any atom is 0.288 e. The Kier molecular flexibility index (Phi) is 6.92. The Hall–Kier alpha value is -0.920. The van der Waals surface area contributed by atoms with Gasteiger partial charge >= 0.3 is 0 Å². The Labute approximate surface area is 114 Å². The van der Waals surface area contributed by atoms with Gasteiger partial charge in [0.05, 0.1) is 0 Å². The Bertz CT molecular complexity index is 374. The summed E-state index contributed by atoms with van der Waals surface area (Å²) in [6.07, 6.45) is 0.617. The molecule has 0 bridgehead atoms. The van der Waals surface area contributed by atoms with Crippen LogP contribution in [0.25, 0.3) is 0 Å². The van der Waals surface area contributed by atoms with Crippen molar-refractivity contribution in [2.75, 3.05) is 18.5 Å². The minimum absolute atomic E-state index is 0.106. The van der Waals surface area contributed by atoms with Gasteiger partial charge in [0.1, 0.15) is 0 Å². The van der Waals surface area contributed by atoms with E-state index in [1.54, 1.807) is 24.3 Å². The van der Waals surface area contributed by atoms with E-state index in [1.165, 1.54) is 0 Å². The van der Waals surface area contributed by atoms with Crippen LogP contribution in [-0.2, 0) is 0 Å². The maximum atomic E-state index is 12.1. The van der Waals surface area contributed by atoms with Gasteiger partial charge in [-0.2, -0.15) is 8.78 Å². The van der Waals surface area contributed by atoms with Crippen molar-refractivity contribution in [2.24, 2.45) is 0 Å². The first kappa shape index (κ1) is 15.1. The monoisotopic (exact) mass is 292 g/mol. The number of halogens is 2. The molecule has 0 aliphatic carbocycles. The number of nitrogens with one attached hydrogen (secondary N) is 2. The number of hydrogen-bond acceptors (Lipinski definition) is 3. The van der Waals surface area contributed by atoms with Crippen LogP contribution in [0, 0.1) is 0 Å². The third-order valence-corrected chi connectivity index (χ3v) is 2.93. The third-order valence-electron chi connectivity index (χ3n) is 1.96. The minimum Gasteiger partial charge on any atom is -0.396 e. The van der Waals surface area contributed by atoms with Crippen molar-refractivity contribution in [3.8, 4) is 0 Å². The van der Waals surface area contributed by atoms with Crippen LogP contribution in [0.1, 0.15) is 6.42 Å². The number of aliphatic hydroxyl groups excluding tert-OH is 1. The number of anilines is 1. The molecule has 7 heteroatoms. The van der Waals surface area contributed by atoms with E-state index >= 15 is 0 Å². The highest BCUT2D eigenvalue weighted by atomic mass is 32.2. The molecule has 0 fully saturated rings. The van der Waals surface area contributed by atoms with Crippen molar-refractivity contribution in [1.82, 2.24) is 5.32 Å². The number of thioether (sulfide) groups is 1. The molecular weight excluding hydrogens is 278 g/mol. The predicted octanol–water partition coefficient (Wildman–Crippen LogP) is 2.67. The first-order valence-corrected chi connectivity index (χ1v) is 6.61. The summed E-state index contributed by atoms with van der Waals surface area (Å²) in [4.78, 5) is 0.509. The lowest BCUT2D eigenvalue weighted by molar-refractivity contribution is 0.252. The number of alkyl halides is 2. The molecular formula is C11H14F2N2OS2. The van der Waals surface area contributed by atoms with Crippen molar-refractivity contribution in [3.05, 3.63) is 24.3 Å². The molecule has 1 rings (SSSR count). The second kappa shape index (κ2) is 8.23. The van der Waals surface area contributed by atoms with Crippen LogP contribution in [-0.4, -0.2) is 29.1 Å². The van der Waals surface area contributed by atoms with E-state index in [0.29, 0.717) is 34.7 Å². The predicted molar refractivity (Wildman–Crippen MR) is 74.2 cm³/mol. The second-order valence-electron chi connectivity index (χ2n) is 3.36. The summed E-state index contributed by atoms with van der Waals surface area (Å²) in [5.41, 5.74) is 0.732. The number of benzene rings is 1. The first-order chi connectivity index (χ1) is 8.61. The number of hydrogen-bond donors (Lipinski definition) is 3. The zero-order valence-corrected chi connectivity index (χ0v) is 11.2. The highest BCUT2D eigenvalue weighted by Crippen LogP contribution is 2.26. The molecule has 0 radical (unpaired) electrons. The number of aliphatic hydroxyl groups is 1. The van der Waals surface area contributed by atoms with Gasteiger partial charge in [-0.3, -0.25) is 0 Å². The lowest BCUT2D eigenvalue weighted by Crippen LogP contribution is -2.29. The summed E-state index contributed by atoms with van der Waals surface area (Å²) in [7, 11) is 0. The largest absolute Gasteiger partial charge is 0.396 e. The zero-order chi connectivity index (χ0) is 13.4. The molecule has 1 aromatic rings. The van der Waals surface area contributed by atoms with E-state index in [0.717, 1.165) is 5.69 Å². The first-order valence-electron chi connectivity index (χ1n) is 5.32. The summed E-state index contributed by atoms with van der Waals surface area (Å²) in [5.74, 6) is -2.41. The van der Waals surface area contributed by atoms with E-state index in [4.69, 9.17) is 17.3 Å². The Morgan fingerprint density at radius 3 is 2.56 bits per heavy atom. The van der Waals surface area contributed by atoms with Gasteiger partial charge in [0.25, 0.3) is 5.76 Å². The fraction of sp³-hybridized carbons (Fsp3) is 0.364. The molecule has 3 N–H and O–H groups in total. The van der Waals surface area contributed by atoms with Gasteiger partial charge in [0, 0.05) is 23.7 Å². The molecule has 0 saturated carbocycles. The van der Waals surface area contributed by atoms with Crippen LogP contribution in [0.5, 0.6) is 0 Å². The molecule has 0 saturated heterocycles. The summed E-state index contributed by atoms with van der Waals surface area (Å²) in [6, 6.07) is 6.58. The lowest BCUT2D eigenvalue weighted by Gasteiger charge is -2.10. The van der Waals surface area contributed by atoms with Crippen LogP contribution in [0.4, 0.5) is 14.5 Å². The smallest absolute Gasteiger partial charge is 0.288 e. The second-order valence-corrected chi connectivity index (χ2v) is 4.83. The molecule has 18 heavy (non-hydrogen) atoms. The van der Waals surface area contributed by atoms with E-state index in [2.05, 4.69) is 10.6 Å². The fourth-order valence-corrected chi connectivity index (χ4v) is 1.89. The summed E-state index contributed by atoms with van der Waals surface area (Å²) >= 11 is 5.53. The standard InChI is InChI=1S/C11H14F2N2OS2/c12-10(13)18-9-4-2-8(3-5-9)15-11(17)14-6-1-7-16/h2-5,10,16H,1,6-7H2,(H2,14,15,17). The SMILES string of the molecule is OCCCNC(=S)Nc1ccc(SC(F)F)cc1. The molecule has 0 spiro atoms. The molecule has 0 amide bonds. The number of thiocarbonyl (C=S) groups is 1. The summed E-state index contributed by atoms with van der Waals surface area (Å²) in [6.45, 7) is 0.691. The maximum absolute atomic E-state index is 12.1. The molecule has 0 atom stereocenters. The Morgan fingerprint density at radius 2 is 2.00 bits per heavy atom. The molecule has 0 aliphatic rings. The quantitative estimate of drug-likeness (QED) is 0.427. The molecule has 0 heterocycles. The molecule has 0 unspecified atom stereocenters. The van der Waals surface area contributed by atoms with Crippen LogP contribution >= 0.6 is 24.0 Å². The zero-order valence-electron chi connectivity index (χ0n) is 9.53. The van der Waals surface area contributed by atoms with Crippen LogP contribution in [0.15, 0.2) is 29.2 Å². The van der Waals surface area contributed by atoms with Crippen LogP contribution < -0.4 is 10.6 Å². The van der Waals surface area contributed by atoms with Crippen molar-refractivity contribution in [2.45, 2.75) is 17.1 Å². The van der Waals surface area contributed by atoms with Crippen LogP contribution in [0.3, 0.4) is 0 Å². The van der Waals surface area contributed by atoms with E-state index < -0.39 is 5.76 Å². The lowest BCUT2D eigenvalue weighted by atomic mass is 10.3. The van der Waals surface area contributed by atoms with Gasteiger partial charge in [0.15, 0.2) is 5.11 Å². The van der Waals surface area contributed by atoms with Gasteiger partial charge in [-0.15, -0.1) is 0 Å². The molecule has 100 valence electrons. The number of rotatable bonds is 6. The normalized spacial score (nSPS) is 10.4. The van der Waals surface area contributed by atoms with E-state index in [1.807, 2.05) is 0 Å². The van der Waals surface area contributed by atoms with Crippen molar-refractivity contribution in [3.63, 3.8) is 0 Å². The van der Waals surface area contributed by atoms with Gasteiger partial charge in [-0.1, -0.05) is 11.8 Å². The third kappa shape index (κ3) is 6.13. The van der Waals surface area contributed by atoms with E-state index in [-0.39, 0.29) is 6.61 Å². The van der Waals surface area contributed by atoms with Gasteiger partial charge in [0.2, 0.25) is 0 Å². The molecule has 0 aliphatic heterocycles. The average molecular weight is 292 g/mol. The average Bonchev–Trinajstić information content (AvgIpc) is 2.31. The van der Waals surface area contributed by atoms with Crippen molar-refractivity contribution >= 4 is 34.8 Å². The van der Waals surface area contributed by atoms with Gasteiger partial charge in [-0.05, 0) is 42.9 Å². The van der Waals surface area contributed by atoms with Gasteiger partial charge < -0.3 is 15.7 Å². The highest BCUT2D eigenvalue weighted by Gasteiger charge is 2.05. The Balaban J connectivity index is 2.40. The fourth-order valence-electron chi connectivity index (χ4n) is 1.18. The van der Waals surface area contributed by atoms with Crippen LogP contribution in [0.2, 0.25) is 0 Å².